The van der Waals surface area contributed by atoms with E-state index in [1.165, 1.54) is 16.2 Å². The SMILES string of the molecule is CN=C(NCc1ccc(C)s1)NCC(CC(C)C)N1CCOCC1.I. The lowest BCUT2D eigenvalue weighted by Gasteiger charge is -2.35. The number of aryl methyl sites for hydroxylation is 1. The lowest BCUT2D eigenvalue weighted by Crippen LogP contribution is -2.50. The highest BCUT2D eigenvalue weighted by Crippen LogP contribution is 2.15. The minimum Gasteiger partial charge on any atom is -0.379 e. The summed E-state index contributed by atoms with van der Waals surface area (Å²) >= 11 is 1.83. The molecule has 1 aromatic heterocycles. The molecule has 144 valence electrons. The summed E-state index contributed by atoms with van der Waals surface area (Å²) in [5, 5.41) is 6.93. The Morgan fingerprint density at radius 1 is 1.28 bits per heavy atom. The van der Waals surface area contributed by atoms with Crippen molar-refractivity contribution in [2.45, 2.75) is 39.8 Å². The first-order valence-corrected chi connectivity index (χ1v) is 9.71. The number of morpholine rings is 1. The van der Waals surface area contributed by atoms with Gasteiger partial charge in [-0.05, 0) is 31.4 Å². The molecule has 0 saturated carbocycles. The van der Waals surface area contributed by atoms with Crippen molar-refractivity contribution in [2.24, 2.45) is 10.9 Å². The van der Waals surface area contributed by atoms with Crippen LogP contribution in [-0.4, -0.2) is 56.8 Å². The average Bonchev–Trinajstić information content (AvgIpc) is 2.99. The van der Waals surface area contributed by atoms with Gasteiger partial charge in [0.1, 0.15) is 0 Å². The maximum absolute atomic E-state index is 5.49. The van der Waals surface area contributed by atoms with Crippen LogP contribution in [0.15, 0.2) is 17.1 Å². The molecule has 25 heavy (non-hydrogen) atoms. The normalized spacial score (nSPS) is 17.2. The Morgan fingerprint density at radius 2 is 2.00 bits per heavy atom. The van der Waals surface area contributed by atoms with Gasteiger partial charge in [0.15, 0.2) is 5.96 Å². The summed E-state index contributed by atoms with van der Waals surface area (Å²) in [4.78, 5) is 9.59. The van der Waals surface area contributed by atoms with Gasteiger partial charge >= 0.3 is 0 Å². The summed E-state index contributed by atoms with van der Waals surface area (Å²) in [5.74, 6) is 1.56. The van der Waals surface area contributed by atoms with Gasteiger partial charge in [0, 0.05) is 42.5 Å². The molecular formula is C18H33IN4OS. The first kappa shape index (κ1) is 22.7. The molecule has 5 nitrogen and oxygen atoms in total. The van der Waals surface area contributed by atoms with Gasteiger partial charge in [0.25, 0.3) is 0 Å². The minimum atomic E-state index is 0. The molecule has 1 unspecified atom stereocenters. The molecule has 1 fully saturated rings. The number of hydrogen-bond donors (Lipinski definition) is 2. The molecule has 0 aromatic carbocycles. The number of rotatable bonds is 7. The van der Waals surface area contributed by atoms with Crippen molar-refractivity contribution in [1.29, 1.82) is 0 Å². The second-order valence-electron chi connectivity index (χ2n) is 6.75. The lowest BCUT2D eigenvalue weighted by atomic mass is 10.0. The van der Waals surface area contributed by atoms with Crippen LogP contribution in [0.5, 0.6) is 0 Å². The summed E-state index contributed by atoms with van der Waals surface area (Å²) in [6.45, 7) is 12.2. The predicted octanol–water partition coefficient (Wildman–Crippen LogP) is 3.09. The summed E-state index contributed by atoms with van der Waals surface area (Å²) in [6.07, 6.45) is 1.19. The average molecular weight is 480 g/mol. The highest BCUT2D eigenvalue weighted by molar-refractivity contribution is 14.0. The molecule has 2 rings (SSSR count). The number of nitrogens with one attached hydrogen (secondary N) is 2. The first-order valence-electron chi connectivity index (χ1n) is 8.90. The second-order valence-corrected chi connectivity index (χ2v) is 8.12. The molecule has 1 saturated heterocycles. The Bertz CT molecular complexity index is 515. The van der Waals surface area contributed by atoms with Crippen molar-refractivity contribution < 1.29 is 4.74 Å². The minimum absolute atomic E-state index is 0. The zero-order valence-electron chi connectivity index (χ0n) is 15.9. The third-order valence-electron chi connectivity index (χ3n) is 4.26. The fourth-order valence-corrected chi connectivity index (χ4v) is 3.86. The fourth-order valence-electron chi connectivity index (χ4n) is 3.03. The molecule has 0 bridgehead atoms. The molecule has 0 amide bonds. The van der Waals surface area contributed by atoms with Crippen molar-refractivity contribution >= 4 is 41.3 Å². The van der Waals surface area contributed by atoms with Gasteiger partial charge in [-0.15, -0.1) is 35.3 Å². The van der Waals surface area contributed by atoms with Gasteiger partial charge in [0.2, 0.25) is 0 Å². The topological polar surface area (TPSA) is 48.9 Å². The van der Waals surface area contributed by atoms with Crippen LogP contribution in [0.1, 0.15) is 30.0 Å². The number of halogens is 1. The zero-order chi connectivity index (χ0) is 17.4. The van der Waals surface area contributed by atoms with Crippen LogP contribution in [0.2, 0.25) is 0 Å². The Morgan fingerprint density at radius 3 is 2.56 bits per heavy atom. The van der Waals surface area contributed by atoms with Gasteiger partial charge in [0.05, 0.1) is 19.8 Å². The number of ether oxygens (including phenoxy) is 1. The van der Waals surface area contributed by atoms with Gasteiger partial charge in [-0.1, -0.05) is 13.8 Å². The van der Waals surface area contributed by atoms with Gasteiger partial charge in [-0.25, -0.2) is 0 Å². The lowest BCUT2D eigenvalue weighted by molar-refractivity contribution is 0.0132. The van der Waals surface area contributed by atoms with Crippen LogP contribution in [-0.2, 0) is 11.3 Å². The van der Waals surface area contributed by atoms with E-state index in [9.17, 15) is 0 Å². The highest BCUT2D eigenvalue weighted by atomic mass is 127. The standard InChI is InChI=1S/C18H32N4OS.HI/c1-14(2)11-16(22-7-9-23-10-8-22)12-20-18(19-4)21-13-17-6-5-15(3)24-17;/h5-6,14,16H,7-13H2,1-4H3,(H2,19,20,21);1H. The Labute approximate surface area is 173 Å². The Hall–Kier alpha value is -0.380. The van der Waals surface area contributed by atoms with Crippen LogP contribution >= 0.6 is 35.3 Å². The first-order chi connectivity index (χ1) is 11.6. The van der Waals surface area contributed by atoms with Gasteiger partial charge in [-0.3, -0.25) is 9.89 Å². The molecule has 0 spiro atoms. The van der Waals surface area contributed by atoms with Crippen molar-refractivity contribution in [2.75, 3.05) is 39.9 Å². The number of thiophene rings is 1. The zero-order valence-corrected chi connectivity index (χ0v) is 19.0. The number of aliphatic imine (C=N–C) groups is 1. The number of nitrogens with zero attached hydrogens (tertiary/aromatic N) is 2. The van der Waals surface area contributed by atoms with E-state index in [1.807, 2.05) is 18.4 Å². The van der Waals surface area contributed by atoms with E-state index < -0.39 is 0 Å². The Kier molecular flexibility index (Phi) is 11.0. The molecular weight excluding hydrogens is 447 g/mol. The van der Waals surface area contributed by atoms with E-state index in [0.29, 0.717) is 12.0 Å². The maximum atomic E-state index is 5.49. The van der Waals surface area contributed by atoms with Gasteiger partial charge in [-0.2, -0.15) is 0 Å². The number of hydrogen-bond acceptors (Lipinski definition) is 4. The summed E-state index contributed by atoms with van der Waals surface area (Å²) in [7, 11) is 1.83. The van der Waals surface area contributed by atoms with Crippen LogP contribution in [0, 0.1) is 12.8 Å². The van der Waals surface area contributed by atoms with E-state index in [1.54, 1.807) is 0 Å². The third-order valence-corrected chi connectivity index (χ3v) is 5.26. The van der Waals surface area contributed by atoms with Crippen LogP contribution in [0.25, 0.3) is 0 Å². The van der Waals surface area contributed by atoms with Crippen LogP contribution < -0.4 is 10.6 Å². The fraction of sp³-hybridized carbons (Fsp3) is 0.722. The maximum Gasteiger partial charge on any atom is 0.191 e. The van der Waals surface area contributed by atoms with Crippen molar-refractivity contribution in [3.8, 4) is 0 Å². The highest BCUT2D eigenvalue weighted by Gasteiger charge is 2.22. The van der Waals surface area contributed by atoms with E-state index in [4.69, 9.17) is 4.74 Å². The van der Waals surface area contributed by atoms with Crippen molar-refractivity contribution in [1.82, 2.24) is 15.5 Å². The quantitative estimate of drug-likeness (QED) is 0.358. The molecule has 2 N–H and O–H groups in total. The molecule has 0 radical (unpaired) electrons. The van der Waals surface area contributed by atoms with Crippen LogP contribution in [0.4, 0.5) is 0 Å². The molecule has 0 aliphatic carbocycles. The van der Waals surface area contributed by atoms with Gasteiger partial charge < -0.3 is 15.4 Å². The molecule has 2 heterocycles. The number of guanidine groups is 1. The molecule has 1 aliphatic heterocycles. The molecule has 7 heteroatoms. The molecule has 1 aliphatic rings. The van der Waals surface area contributed by atoms with E-state index >= 15 is 0 Å². The summed E-state index contributed by atoms with van der Waals surface area (Å²) in [5.41, 5.74) is 0. The Balaban J connectivity index is 0.00000312. The largest absolute Gasteiger partial charge is 0.379 e. The summed E-state index contributed by atoms with van der Waals surface area (Å²) < 4.78 is 5.49. The van der Waals surface area contributed by atoms with Crippen molar-refractivity contribution in [3.63, 3.8) is 0 Å². The van der Waals surface area contributed by atoms with E-state index in [2.05, 4.69) is 53.4 Å². The van der Waals surface area contributed by atoms with Crippen LogP contribution in [0.3, 0.4) is 0 Å². The smallest absolute Gasteiger partial charge is 0.191 e. The van der Waals surface area contributed by atoms with E-state index in [0.717, 1.165) is 45.4 Å². The second kappa shape index (κ2) is 12.1. The van der Waals surface area contributed by atoms with Crippen molar-refractivity contribution in [3.05, 3.63) is 21.9 Å². The monoisotopic (exact) mass is 480 g/mol. The summed E-state index contributed by atoms with van der Waals surface area (Å²) in [6, 6.07) is 4.86. The van der Waals surface area contributed by atoms with E-state index in [-0.39, 0.29) is 24.0 Å². The molecule has 1 atom stereocenters. The predicted molar refractivity (Wildman–Crippen MR) is 118 cm³/mol. The molecule has 1 aromatic rings. The third kappa shape index (κ3) is 8.23.